The summed E-state index contributed by atoms with van der Waals surface area (Å²) in [6, 6.07) is 4.40. The number of hydrogen-bond acceptors (Lipinski definition) is 6. The number of ether oxygens (including phenoxy) is 3. The zero-order valence-electron chi connectivity index (χ0n) is 11.8. The highest BCUT2D eigenvalue weighted by Crippen LogP contribution is 2.30. The smallest absolute Gasteiger partial charge is 0.308 e. The molecule has 0 heterocycles. The topological polar surface area (TPSA) is 87.9 Å². The summed E-state index contributed by atoms with van der Waals surface area (Å²) in [7, 11) is 1.46. The van der Waals surface area contributed by atoms with Crippen molar-refractivity contribution >= 4 is 11.9 Å². The number of carbonyl (C=O) groups excluding carboxylic acids is 2. The van der Waals surface area contributed by atoms with Crippen molar-refractivity contribution in [1.29, 1.82) is 0 Å². The second kappa shape index (κ2) is 7.49. The second-order valence-corrected chi connectivity index (χ2v) is 4.12. The van der Waals surface area contributed by atoms with Gasteiger partial charge in [0.15, 0.2) is 11.5 Å². The van der Waals surface area contributed by atoms with E-state index < -0.39 is 12.0 Å². The molecule has 2 N–H and O–H groups in total. The fourth-order valence-electron chi connectivity index (χ4n) is 1.67. The van der Waals surface area contributed by atoms with Gasteiger partial charge in [-0.2, -0.15) is 0 Å². The molecule has 0 aromatic heterocycles. The summed E-state index contributed by atoms with van der Waals surface area (Å²) in [4.78, 5) is 22.3. The molecule has 1 rings (SSSR count). The van der Waals surface area contributed by atoms with Gasteiger partial charge >= 0.3 is 11.9 Å². The Morgan fingerprint density at radius 1 is 1.30 bits per heavy atom. The van der Waals surface area contributed by atoms with E-state index in [2.05, 4.69) is 0 Å². The maximum absolute atomic E-state index is 11.4. The molecular formula is C14H19NO5. The van der Waals surface area contributed by atoms with E-state index in [0.717, 1.165) is 0 Å². The molecule has 1 aromatic rings. The normalized spacial score (nSPS) is 11.6. The maximum Gasteiger partial charge on any atom is 0.308 e. The minimum atomic E-state index is -0.505. The molecule has 0 aliphatic rings. The SMILES string of the molecule is CCOC(=O)C[C@H](N)c1ccc(OC(C)=O)c(OC)c1. The van der Waals surface area contributed by atoms with Crippen molar-refractivity contribution in [3.63, 3.8) is 0 Å². The van der Waals surface area contributed by atoms with Gasteiger partial charge in [-0.15, -0.1) is 0 Å². The van der Waals surface area contributed by atoms with E-state index in [1.165, 1.54) is 14.0 Å². The Balaban J connectivity index is 2.86. The zero-order valence-corrected chi connectivity index (χ0v) is 11.8. The predicted molar refractivity (Wildman–Crippen MR) is 72.5 cm³/mol. The van der Waals surface area contributed by atoms with Crippen molar-refractivity contribution in [2.24, 2.45) is 5.73 Å². The summed E-state index contributed by atoms with van der Waals surface area (Å²) < 4.78 is 15.0. The predicted octanol–water partition coefficient (Wildman–Crippen LogP) is 1.57. The molecule has 0 aliphatic heterocycles. The molecule has 0 aliphatic carbocycles. The molecule has 6 heteroatoms. The molecule has 0 spiro atoms. The Morgan fingerprint density at radius 3 is 2.55 bits per heavy atom. The molecule has 0 saturated carbocycles. The number of rotatable bonds is 6. The van der Waals surface area contributed by atoms with Crippen molar-refractivity contribution < 1.29 is 23.8 Å². The van der Waals surface area contributed by atoms with Crippen molar-refractivity contribution in [2.45, 2.75) is 26.3 Å². The summed E-state index contributed by atoms with van der Waals surface area (Å²) in [5.41, 5.74) is 6.64. The molecular weight excluding hydrogens is 262 g/mol. The lowest BCUT2D eigenvalue weighted by molar-refractivity contribution is -0.143. The van der Waals surface area contributed by atoms with Crippen LogP contribution in [0, 0.1) is 0 Å². The first-order valence-electron chi connectivity index (χ1n) is 6.25. The number of carbonyl (C=O) groups is 2. The van der Waals surface area contributed by atoms with Crippen LogP contribution in [0.5, 0.6) is 11.5 Å². The van der Waals surface area contributed by atoms with E-state index in [4.69, 9.17) is 19.9 Å². The van der Waals surface area contributed by atoms with Crippen LogP contribution in [0.2, 0.25) is 0 Å². The van der Waals surface area contributed by atoms with E-state index in [1.807, 2.05) is 0 Å². The van der Waals surface area contributed by atoms with Crippen molar-refractivity contribution in [3.8, 4) is 11.5 Å². The third-order valence-corrected chi connectivity index (χ3v) is 2.56. The zero-order chi connectivity index (χ0) is 15.1. The third kappa shape index (κ3) is 4.55. The summed E-state index contributed by atoms with van der Waals surface area (Å²) >= 11 is 0. The first-order valence-corrected chi connectivity index (χ1v) is 6.25. The van der Waals surface area contributed by atoms with Gasteiger partial charge in [-0.3, -0.25) is 9.59 Å². The monoisotopic (exact) mass is 281 g/mol. The number of methoxy groups -OCH3 is 1. The molecule has 1 aromatic carbocycles. The highest BCUT2D eigenvalue weighted by atomic mass is 16.6. The van der Waals surface area contributed by atoms with Crippen LogP contribution in [0.15, 0.2) is 18.2 Å². The number of esters is 2. The summed E-state index contributed by atoms with van der Waals surface area (Å²) in [6.07, 6.45) is 0.0733. The fraction of sp³-hybridized carbons (Fsp3) is 0.429. The molecule has 0 bridgehead atoms. The number of benzene rings is 1. The van der Waals surface area contributed by atoms with E-state index in [1.54, 1.807) is 25.1 Å². The van der Waals surface area contributed by atoms with Gasteiger partial charge in [-0.25, -0.2) is 0 Å². The lowest BCUT2D eigenvalue weighted by atomic mass is 10.0. The highest BCUT2D eigenvalue weighted by Gasteiger charge is 2.15. The van der Waals surface area contributed by atoms with Gasteiger partial charge in [0.2, 0.25) is 0 Å². The molecule has 0 amide bonds. The van der Waals surface area contributed by atoms with Crippen LogP contribution in [-0.4, -0.2) is 25.7 Å². The molecule has 1 atom stereocenters. The van der Waals surface area contributed by atoms with Crippen LogP contribution in [0.3, 0.4) is 0 Å². The molecule has 0 unspecified atom stereocenters. The average Bonchev–Trinajstić information content (AvgIpc) is 2.38. The minimum Gasteiger partial charge on any atom is -0.493 e. The van der Waals surface area contributed by atoms with Gasteiger partial charge < -0.3 is 19.9 Å². The van der Waals surface area contributed by atoms with Gasteiger partial charge in [-0.1, -0.05) is 6.07 Å². The second-order valence-electron chi connectivity index (χ2n) is 4.12. The van der Waals surface area contributed by atoms with Gasteiger partial charge in [0, 0.05) is 13.0 Å². The number of nitrogens with two attached hydrogens (primary N) is 1. The van der Waals surface area contributed by atoms with Crippen LogP contribution in [0.4, 0.5) is 0 Å². The van der Waals surface area contributed by atoms with Crippen molar-refractivity contribution in [3.05, 3.63) is 23.8 Å². The van der Waals surface area contributed by atoms with Gasteiger partial charge in [0.05, 0.1) is 20.1 Å². The van der Waals surface area contributed by atoms with E-state index >= 15 is 0 Å². The molecule has 0 fully saturated rings. The molecule has 20 heavy (non-hydrogen) atoms. The van der Waals surface area contributed by atoms with Gasteiger partial charge in [-0.05, 0) is 24.6 Å². The van der Waals surface area contributed by atoms with E-state index in [-0.39, 0.29) is 12.4 Å². The molecule has 0 saturated heterocycles. The molecule has 6 nitrogen and oxygen atoms in total. The fourth-order valence-corrected chi connectivity index (χ4v) is 1.67. The lowest BCUT2D eigenvalue weighted by Crippen LogP contribution is -2.17. The van der Waals surface area contributed by atoms with Crippen LogP contribution in [-0.2, 0) is 14.3 Å². The first-order chi connectivity index (χ1) is 9.47. The first kappa shape index (κ1) is 16.0. The Hall–Kier alpha value is -2.08. The van der Waals surface area contributed by atoms with Crippen LogP contribution in [0.25, 0.3) is 0 Å². The summed E-state index contributed by atoms with van der Waals surface area (Å²) in [5.74, 6) is -0.0982. The Kier molecular flexibility index (Phi) is 5.99. The van der Waals surface area contributed by atoms with Crippen LogP contribution < -0.4 is 15.2 Å². The van der Waals surface area contributed by atoms with Gasteiger partial charge in [0.25, 0.3) is 0 Å². The maximum atomic E-state index is 11.4. The standard InChI is InChI=1S/C14H19NO5/c1-4-19-14(17)8-11(15)10-5-6-12(20-9(2)16)13(7-10)18-3/h5-7,11H,4,8,15H2,1-3H3/t11-/m0/s1. The average molecular weight is 281 g/mol. The third-order valence-electron chi connectivity index (χ3n) is 2.56. The minimum absolute atomic E-state index is 0.0733. The lowest BCUT2D eigenvalue weighted by Gasteiger charge is -2.14. The van der Waals surface area contributed by atoms with Crippen molar-refractivity contribution in [1.82, 2.24) is 0 Å². The largest absolute Gasteiger partial charge is 0.493 e. The van der Waals surface area contributed by atoms with E-state index in [0.29, 0.717) is 23.7 Å². The van der Waals surface area contributed by atoms with E-state index in [9.17, 15) is 9.59 Å². The Morgan fingerprint density at radius 2 is 2.00 bits per heavy atom. The quantitative estimate of drug-likeness (QED) is 0.629. The van der Waals surface area contributed by atoms with Crippen LogP contribution in [0.1, 0.15) is 31.9 Å². The van der Waals surface area contributed by atoms with Crippen molar-refractivity contribution in [2.75, 3.05) is 13.7 Å². The molecule has 110 valence electrons. The Bertz CT molecular complexity index is 486. The summed E-state index contributed by atoms with van der Waals surface area (Å²) in [5, 5.41) is 0. The van der Waals surface area contributed by atoms with Crippen LogP contribution >= 0.6 is 0 Å². The summed E-state index contributed by atoms with van der Waals surface area (Å²) in [6.45, 7) is 3.36. The Labute approximate surface area is 117 Å². The highest BCUT2D eigenvalue weighted by molar-refractivity contribution is 5.71. The molecule has 0 radical (unpaired) electrons. The number of hydrogen-bond donors (Lipinski definition) is 1. The van der Waals surface area contributed by atoms with Gasteiger partial charge in [0.1, 0.15) is 0 Å².